The van der Waals surface area contributed by atoms with Gasteiger partial charge in [0.05, 0.1) is 13.2 Å². The molecule has 0 saturated carbocycles. The molecule has 8 heteroatoms. The van der Waals surface area contributed by atoms with E-state index in [9.17, 15) is 4.79 Å². The number of nitrogens with zero attached hydrogens (tertiary/aromatic N) is 6. The van der Waals surface area contributed by atoms with Crippen molar-refractivity contribution in [2.75, 3.05) is 13.2 Å². The fourth-order valence-corrected chi connectivity index (χ4v) is 2.85. The molecule has 2 aliphatic heterocycles. The Kier molecular flexibility index (Phi) is 4.39. The number of aliphatic hydroxyl groups excluding tert-OH is 1. The molecular weight excluding hydrogens is 296 g/mol. The molecule has 0 aliphatic carbocycles. The van der Waals surface area contributed by atoms with Crippen molar-refractivity contribution in [3.05, 3.63) is 11.6 Å². The summed E-state index contributed by atoms with van der Waals surface area (Å²) in [4.78, 5) is 14.2. The van der Waals surface area contributed by atoms with Crippen molar-refractivity contribution in [1.82, 2.24) is 19.7 Å². The Hall–Kier alpha value is -2.27. The number of terminal acetylenes is 1. The molecule has 3 heterocycles. The number of aromatic nitrogens is 3. The molecule has 122 valence electrons. The summed E-state index contributed by atoms with van der Waals surface area (Å²) in [6.07, 6.45) is 8.13. The topological polar surface area (TPSA) is 96.0 Å². The number of aliphatic hydroxyl groups is 1. The van der Waals surface area contributed by atoms with Crippen molar-refractivity contribution >= 4 is 5.91 Å². The van der Waals surface area contributed by atoms with Crippen LogP contribution in [0.4, 0.5) is 0 Å². The van der Waals surface area contributed by atoms with Gasteiger partial charge >= 0.3 is 0 Å². The van der Waals surface area contributed by atoms with Crippen LogP contribution in [-0.2, 0) is 24.3 Å². The first-order valence-corrected chi connectivity index (χ1v) is 7.84. The van der Waals surface area contributed by atoms with E-state index < -0.39 is 5.66 Å². The molecule has 0 saturated heterocycles. The van der Waals surface area contributed by atoms with Crippen molar-refractivity contribution < 1.29 is 9.90 Å². The van der Waals surface area contributed by atoms with Gasteiger partial charge in [-0.3, -0.25) is 4.79 Å². The largest absolute Gasteiger partial charge is 0.396 e. The predicted molar refractivity (Wildman–Crippen MR) is 81.1 cm³/mol. The highest BCUT2D eigenvalue weighted by Crippen LogP contribution is 2.37. The Morgan fingerprint density at radius 3 is 2.83 bits per heavy atom. The summed E-state index contributed by atoms with van der Waals surface area (Å²) in [6.45, 7) is 1.81. The van der Waals surface area contributed by atoms with Crippen LogP contribution in [0.25, 0.3) is 0 Å². The summed E-state index contributed by atoms with van der Waals surface area (Å²) in [5.74, 6) is 4.22. The van der Waals surface area contributed by atoms with Gasteiger partial charge in [0.25, 0.3) is 0 Å². The normalized spacial score (nSPS) is 17.7. The molecule has 8 nitrogen and oxygen atoms in total. The van der Waals surface area contributed by atoms with Crippen molar-refractivity contribution in [2.24, 2.45) is 10.2 Å². The van der Waals surface area contributed by atoms with Gasteiger partial charge in [-0.25, -0.2) is 0 Å². The number of rotatable bonds is 7. The van der Waals surface area contributed by atoms with E-state index >= 15 is 0 Å². The first kappa shape index (κ1) is 15.6. The van der Waals surface area contributed by atoms with Gasteiger partial charge in [0.15, 0.2) is 11.5 Å². The summed E-state index contributed by atoms with van der Waals surface area (Å²) in [6, 6.07) is 0. The van der Waals surface area contributed by atoms with Crippen LogP contribution in [0, 0.1) is 12.3 Å². The van der Waals surface area contributed by atoms with E-state index in [0.717, 1.165) is 18.1 Å². The lowest BCUT2D eigenvalue weighted by Gasteiger charge is -2.28. The van der Waals surface area contributed by atoms with Gasteiger partial charge in [-0.15, -0.1) is 22.5 Å². The van der Waals surface area contributed by atoms with E-state index in [1.165, 1.54) is 0 Å². The second-order valence-corrected chi connectivity index (χ2v) is 5.86. The number of amides is 1. The molecule has 0 aromatic carbocycles. The Balaban J connectivity index is 1.52. The molecule has 0 atom stereocenters. The lowest BCUT2D eigenvalue weighted by Crippen LogP contribution is -2.39. The quantitative estimate of drug-likeness (QED) is 0.741. The minimum absolute atomic E-state index is 0.0491. The zero-order valence-corrected chi connectivity index (χ0v) is 13.0. The van der Waals surface area contributed by atoms with Crippen molar-refractivity contribution in [1.29, 1.82) is 0 Å². The molecule has 23 heavy (non-hydrogen) atoms. The second kappa shape index (κ2) is 6.46. The minimum Gasteiger partial charge on any atom is -0.396 e. The predicted octanol–water partition coefficient (Wildman–Crippen LogP) is 0.511. The zero-order valence-electron chi connectivity index (χ0n) is 13.0. The third-order valence-electron chi connectivity index (χ3n) is 4.31. The number of fused-ring (bicyclic) bond motifs is 1. The van der Waals surface area contributed by atoms with Gasteiger partial charge in [-0.1, -0.05) is 0 Å². The van der Waals surface area contributed by atoms with Crippen LogP contribution in [0.5, 0.6) is 0 Å². The standard InChI is InChI=1S/C15H20N6O2/c1-2-3-6-15(18-19-15)7-4-14(23)20-8-9-21-12(5-10-22)16-17-13(21)11-20/h1,22H,3-11H2. The van der Waals surface area contributed by atoms with E-state index in [0.29, 0.717) is 45.3 Å². The molecular formula is C15H20N6O2. The molecule has 1 N–H and O–H groups in total. The zero-order chi connectivity index (χ0) is 16.3. The van der Waals surface area contributed by atoms with Gasteiger partial charge in [-0.05, 0) is 0 Å². The minimum atomic E-state index is -0.411. The third kappa shape index (κ3) is 3.40. The van der Waals surface area contributed by atoms with E-state index in [-0.39, 0.29) is 12.5 Å². The summed E-state index contributed by atoms with van der Waals surface area (Å²) >= 11 is 0. The smallest absolute Gasteiger partial charge is 0.223 e. The van der Waals surface area contributed by atoms with Crippen LogP contribution in [0.1, 0.15) is 37.3 Å². The van der Waals surface area contributed by atoms with E-state index in [1.807, 2.05) is 4.57 Å². The van der Waals surface area contributed by atoms with Crippen LogP contribution in [0.2, 0.25) is 0 Å². The Labute approximate surface area is 134 Å². The number of hydrogen-bond acceptors (Lipinski definition) is 6. The molecule has 0 fully saturated rings. The molecule has 0 unspecified atom stereocenters. The third-order valence-corrected chi connectivity index (χ3v) is 4.31. The first-order chi connectivity index (χ1) is 11.2. The van der Waals surface area contributed by atoms with E-state index in [2.05, 4.69) is 26.3 Å². The van der Waals surface area contributed by atoms with E-state index in [4.69, 9.17) is 11.5 Å². The summed E-state index contributed by atoms with van der Waals surface area (Å²) in [5, 5.41) is 25.3. The molecule has 1 aromatic rings. The molecule has 0 spiro atoms. The number of hydrogen-bond donors (Lipinski definition) is 1. The summed E-state index contributed by atoms with van der Waals surface area (Å²) in [5.41, 5.74) is -0.411. The van der Waals surface area contributed by atoms with Gasteiger partial charge in [0.2, 0.25) is 5.91 Å². The fourth-order valence-electron chi connectivity index (χ4n) is 2.85. The lowest BCUT2D eigenvalue weighted by molar-refractivity contribution is -0.133. The lowest BCUT2D eigenvalue weighted by atomic mass is 10.0. The average Bonchev–Trinajstić information content (AvgIpc) is 3.24. The van der Waals surface area contributed by atoms with Gasteiger partial charge in [0, 0.05) is 45.2 Å². The fraction of sp³-hybridized carbons (Fsp3) is 0.667. The van der Waals surface area contributed by atoms with E-state index in [1.54, 1.807) is 4.90 Å². The highest BCUT2D eigenvalue weighted by atomic mass is 16.3. The maximum atomic E-state index is 12.4. The Morgan fingerprint density at radius 2 is 2.13 bits per heavy atom. The van der Waals surface area contributed by atoms with Crippen LogP contribution >= 0.6 is 0 Å². The molecule has 3 rings (SSSR count). The van der Waals surface area contributed by atoms with Crippen molar-refractivity contribution in [3.8, 4) is 12.3 Å². The van der Waals surface area contributed by atoms with Crippen LogP contribution < -0.4 is 0 Å². The Morgan fingerprint density at radius 1 is 1.30 bits per heavy atom. The maximum absolute atomic E-state index is 12.4. The van der Waals surface area contributed by atoms with Gasteiger partial charge < -0.3 is 14.6 Å². The summed E-state index contributed by atoms with van der Waals surface area (Å²) < 4.78 is 1.99. The van der Waals surface area contributed by atoms with Crippen LogP contribution in [0.3, 0.4) is 0 Å². The monoisotopic (exact) mass is 316 g/mol. The number of carbonyl (C=O) groups is 1. The molecule has 2 aliphatic rings. The summed E-state index contributed by atoms with van der Waals surface area (Å²) in [7, 11) is 0. The van der Waals surface area contributed by atoms with Crippen molar-refractivity contribution in [2.45, 2.75) is 50.9 Å². The van der Waals surface area contributed by atoms with Crippen molar-refractivity contribution in [3.63, 3.8) is 0 Å². The van der Waals surface area contributed by atoms with Gasteiger partial charge in [-0.2, -0.15) is 10.2 Å². The molecule has 0 bridgehead atoms. The number of carbonyl (C=O) groups excluding carboxylic acids is 1. The second-order valence-electron chi connectivity index (χ2n) is 5.86. The Bertz CT molecular complexity index is 653. The first-order valence-electron chi connectivity index (χ1n) is 7.84. The highest BCUT2D eigenvalue weighted by Gasteiger charge is 2.39. The van der Waals surface area contributed by atoms with Crippen LogP contribution in [-0.4, -0.2) is 49.5 Å². The maximum Gasteiger partial charge on any atom is 0.223 e. The van der Waals surface area contributed by atoms with Crippen LogP contribution in [0.15, 0.2) is 10.2 Å². The highest BCUT2D eigenvalue weighted by molar-refractivity contribution is 5.76. The van der Waals surface area contributed by atoms with Gasteiger partial charge in [0.1, 0.15) is 5.82 Å². The molecule has 1 aromatic heterocycles. The molecule has 1 amide bonds. The SMILES string of the molecule is C#CCCC1(CCC(=O)N2CCn3c(CCO)nnc3C2)N=N1. The average molecular weight is 316 g/mol. The molecule has 0 radical (unpaired) electrons.